The van der Waals surface area contributed by atoms with Crippen molar-refractivity contribution in [1.82, 2.24) is 10.7 Å². The second kappa shape index (κ2) is 2.30. The summed E-state index contributed by atoms with van der Waals surface area (Å²) in [5.41, 5.74) is 2.48. The first-order valence-corrected chi connectivity index (χ1v) is 2.46. The van der Waals surface area contributed by atoms with E-state index in [1.165, 1.54) is 0 Å². The number of nitrogens with zero attached hydrogens (tertiary/aromatic N) is 1. The molecular formula is C4H8N3O+. The van der Waals surface area contributed by atoms with Gasteiger partial charge in [-0.15, -0.1) is 0 Å². The first-order chi connectivity index (χ1) is 3.93. The Kier molecular flexibility index (Phi) is 1.46. The smallest absolute Gasteiger partial charge is 0.255 e. The summed E-state index contributed by atoms with van der Waals surface area (Å²) < 4.78 is 1.69. The van der Waals surface area contributed by atoms with Gasteiger partial charge in [-0.1, -0.05) is 0 Å². The molecule has 0 atom stereocenters. The molecule has 0 spiro atoms. The van der Waals surface area contributed by atoms with Crippen LogP contribution in [0.3, 0.4) is 0 Å². The average molecular weight is 114 g/mol. The molecule has 0 radical (unpaired) electrons. The number of hydrogen-bond donors (Lipinski definition) is 2. The van der Waals surface area contributed by atoms with Gasteiger partial charge in [-0.25, -0.2) is 0 Å². The maximum atomic E-state index is 9.76. The zero-order valence-electron chi connectivity index (χ0n) is 4.42. The fourth-order valence-electron chi connectivity index (χ4n) is 0.594. The number of hydrazine groups is 1. The molecule has 0 saturated heterocycles. The highest BCUT2D eigenvalue weighted by Crippen LogP contribution is 1.69. The van der Waals surface area contributed by atoms with Gasteiger partial charge in [0, 0.05) is 0 Å². The molecule has 44 valence electrons. The third-order valence-electron chi connectivity index (χ3n) is 0.963. The summed E-state index contributed by atoms with van der Waals surface area (Å²) in [4.78, 5) is 9.76. The molecule has 1 amide bonds. The van der Waals surface area contributed by atoms with E-state index in [1.54, 1.807) is 11.0 Å². The van der Waals surface area contributed by atoms with Crippen molar-refractivity contribution in [1.29, 1.82) is 0 Å². The lowest BCUT2D eigenvalue weighted by Gasteiger charge is -1.90. The monoisotopic (exact) mass is 114 g/mol. The molecule has 4 heteroatoms. The zero-order valence-corrected chi connectivity index (χ0v) is 4.42. The molecule has 0 aromatic heterocycles. The van der Waals surface area contributed by atoms with Crippen LogP contribution in [0.25, 0.3) is 0 Å². The molecule has 0 aliphatic carbocycles. The number of carbonyl (C=O) groups is 1. The van der Waals surface area contributed by atoms with Crippen LogP contribution >= 0.6 is 0 Å². The molecule has 0 aromatic carbocycles. The van der Waals surface area contributed by atoms with Crippen molar-refractivity contribution in [3.05, 3.63) is 0 Å². The van der Waals surface area contributed by atoms with Crippen LogP contribution in [0, 0.1) is 0 Å². The molecule has 4 nitrogen and oxygen atoms in total. The van der Waals surface area contributed by atoms with Crippen LogP contribution in [0.15, 0.2) is 0 Å². The van der Waals surface area contributed by atoms with Gasteiger partial charge in [0.2, 0.25) is 6.41 Å². The van der Waals surface area contributed by atoms with Gasteiger partial charge in [-0.3, -0.25) is 10.1 Å². The Morgan fingerprint density at radius 1 is 1.88 bits per heavy atom. The van der Waals surface area contributed by atoms with Gasteiger partial charge in [0.15, 0.2) is 0 Å². The Hall–Kier alpha value is -1.06. The standard InChI is InChI=1S/C4H7N3O/c8-4-6-7-2-1-5-3-7/h3-4H,1-2H2,(H,6,8)/p+1. The minimum absolute atomic E-state index is 0.656. The molecule has 1 heterocycles. The van der Waals surface area contributed by atoms with E-state index in [0.717, 1.165) is 13.1 Å². The maximum absolute atomic E-state index is 9.76. The summed E-state index contributed by atoms with van der Waals surface area (Å²) in [6.45, 7) is 1.75. The van der Waals surface area contributed by atoms with E-state index in [1.807, 2.05) is 0 Å². The third-order valence-corrected chi connectivity index (χ3v) is 0.963. The van der Waals surface area contributed by atoms with E-state index in [-0.39, 0.29) is 0 Å². The predicted octanol–water partition coefficient (Wildman–Crippen LogP) is -1.71. The molecule has 0 saturated carbocycles. The molecule has 0 fully saturated rings. The van der Waals surface area contributed by atoms with Gasteiger partial charge in [0.1, 0.15) is 13.1 Å². The second-order valence-corrected chi connectivity index (χ2v) is 1.52. The van der Waals surface area contributed by atoms with Crippen molar-refractivity contribution >= 4 is 12.7 Å². The van der Waals surface area contributed by atoms with Gasteiger partial charge in [-0.2, -0.15) is 10.1 Å². The largest absolute Gasteiger partial charge is 0.275 e. The molecule has 1 rings (SSSR count). The summed E-state index contributed by atoms with van der Waals surface area (Å²) in [6, 6.07) is 0. The van der Waals surface area contributed by atoms with E-state index in [9.17, 15) is 4.79 Å². The van der Waals surface area contributed by atoms with Crippen LogP contribution in [0.1, 0.15) is 0 Å². The van der Waals surface area contributed by atoms with E-state index in [2.05, 4.69) is 10.7 Å². The third kappa shape index (κ3) is 0.959. The van der Waals surface area contributed by atoms with Crippen LogP contribution in [0.4, 0.5) is 0 Å². The Morgan fingerprint density at radius 3 is 3.25 bits per heavy atom. The van der Waals surface area contributed by atoms with Crippen LogP contribution in [-0.2, 0) is 4.79 Å². The Balaban J connectivity index is 2.33. The van der Waals surface area contributed by atoms with Gasteiger partial charge < -0.3 is 0 Å². The average Bonchev–Trinajstić information content (AvgIpc) is 2.19. The van der Waals surface area contributed by atoms with E-state index in [0.29, 0.717) is 6.41 Å². The quantitative estimate of drug-likeness (QED) is 0.331. The molecule has 2 N–H and O–H groups in total. The highest BCUT2D eigenvalue weighted by atomic mass is 16.1. The number of hydrazone groups is 1. The highest BCUT2D eigenvalue weighted by molar-refractivity contribution is 5.51. The Labute approximate surface area is 47.2 Å². The van der Waals surface area contributed by atoms with Crippen LogP contribution in [-0.4, -0.2) is 30.5 Å². The first kappa shape index (κ1) is 5.08. The Bertz CT molecular complexity index is 120. The summed E-state index contributed by atoms with van der Waals surface area (Å²) in [6.07, 6.45) is 2.39. The zero-order chi connectivity index (χ0) is 5.82. The van der Waals surface area contributed by atoms with Crippen LogP contribution in [0.5, 0.6) is 0 Å². The maximum Gasteiger partial charge on any atom is 0.255 e. The van der Waals surface area contributed by atoms with Crippen molar-refractivity contribution in [3.8, 4) is 0 Å². The van der Waals surface area contributed by atoms with Crippen molar-refractivity contribution < 1.29 is 9.48 Å². The lowest BCUT2D eigenvalue weighted by molar-refractivity contribution is -0.559. The number of amides is 1. The Morgan fingerprint density at radius 2 is 2.75 bits per heavy atom. The van der Waals surface area contributed by atoms with Crippen molar-refractivity contribution in [2.45, 2.75) is 0 Å². The highest BCUT2D eigenvalue weighted by Gasteiger charge is 2.05. The number of hydrogen-bond acceptors (Lipinski definition) is 2. The predicted molar refractivity (Wildman–Crippen MR) is 28.4 cm³/mol. The summed E-state index contributed by atoms with van der Waals surface area (Å²) in [5.74, 6) is 0. The molecular weight excluding hydrogens is 106 g/mol. The van der Waals surface area contributed by atoms with E-state index in [4.69, 9.17) is 0 Å². The van der Waals surface area contributed by atoms with Gasteiger partial charge in [0.05, 0.1) is 0 Å². The first-order valence-electron chi connectivity index (χ1n) is 2.46. The van der Waals surface area contributed by atoms with Crippen molar-refractivity contribution in [2.75, 3.05) is 13.1 Å². The van der Waals surface area contributed by atoms with Crippen molar-refractivity contribution in [3.63, 3.8) is 0 Å². The lowest BCUT2D eigenvalue weighted by Crippen LogP contribution is -2.26. The van der Waals surface area contributed by atoms with Gasteiger partial charge in [-0.05, 0) is 0 Å². The molecule has 0 unspecified atom stereocenters. The molecule has 0 aromatic rings. The fourth-order valence-corrected chi connectivity index (χ4v) is 0.594. The van der Waals surface area contributed by atoms with Gasteiger partial charge in [0.25, 0.3) is 6.34 Å². The van der Waals surface area contributed by atoms with Crippen molar-refractivity contribution in [2.24, 2.45) is 0 Å². The molecule has 0 bridgehead atoms. The number of rotatable bonds is 2. The number of nitrogens with one attached hydrogen (secondary N) is 2. The van der Waals surface area contributed by atoms with Crippen LogP contribution < -0.4 is 10.7 Å². The molecule has 1 aliphatic heterocycles. The van der Waals surface area contributed by atoms with Gasteiger partial charge >= 0.3 is 0 Å². The molecule has 8 heavy (non-hydrogen) atoms. The minimum Gasteiger partial charge on any atom is -0.275 e. The second-order valence-electron chi connectivity index (χ2n) is 1.52. The lowest BCUT2D eigenvalue weighted by atomic mass is 10.7. The normalized spacial score (nSPS) is 16.8. The molecule has 1 aliphatic rings. The fraction of sp³-hybridized carbons (Fsp3) is 0.500. The summed E-state index contributed by atoms with van der Waals surface area (Å²) in [5, 5.41) is 2.94. The summed E-state index contributed by atoms with van der Waals surface area (Å²) >= 11 is 0. The number of carbonyl (C=O) groups excluding carboxylic acids is 1. The SMILES string of the molecule is O=CN[N+]1=CNCC1. The minimum atomic E-state index is 0.656. The summed E-state index contributed by atoms with van der Waals surface area (Å²) in [7, 11) is 0. The topological polar surface area (TPSA) is 44.1 Å². The van der Waals surface area contributed by atoms with E-state index >= 15 is 0 Å². The van der Waals surface area contributed by atoms with E-state index < -0.39 is 0 Å². The van der Waals surface area contributed by atoms with Crippen LogP contribution in [0.2, 0.25) is 0 Å².